The van der Waals surface area contributed by atoms with Gasteiger partial charge in [0.05, 0.1) is 5.92 Å². The maximum Gasteiger partial charge on any atom is 0.310 e. The van der Waals surface area contributed by atoms with E-state index in [1.165, 1.54) is 64.2 Å². The van der Waals surface area contributed by atoms with E-state index in [1.54, 1.807) is 12.1 Å². The smallest absolute Gasteiger partial charge is 0.310 e. The van der Waals surface area contributed by atoms with Crippen molar-refractivity contribution in [1.82, 2.24) is 0 Å². The lowest BCUT2D eigenvalue weighted by Gasteiger charge is -2.12. The number of halogens is 1. The van der Waals surface area contributed by atoms with Crippen LogP contribution in [-0.2, 0) is 4.79 Å². The molecule has 0 aliphatic heterocycles. The third kappa shape index (κ3) is 10.5. The molecule has 0 fully saturated rings. The summed E-state index contributed by atoms with van der Waals surface area (Å²) in [7, 11) is 0. The Bertz CT molecular complexity index is 456. The number of unbranched alkanes of at least 4 members (excludes halogenated alkanes) is 11. The quantitative estimate of drug-likeness (QED) is 0.324. The van der Waals surface area contributed by atoms with Crippen molar-refractivity contribution in [2.45, 2.75) is 96.3 Å². The van der Waals surface area contributed by atoms with Crippen molar-refractivity contribution in [3.8, 4) is 0 Å². The van der Waals surface area contributed by atoms with Crippen LogP contribution in [0.25, 0.3) is 0 Å². The molecule has 1 atom stereocenters. The van der Waals surface area contributed by atoms with Crippen LogP contribution in [0.1, 0.15) is 102 Å². The lowest BCUT2D eigenvalue weighted by atomic mass is 9.93. The second kappa shape index (κ2) is 14.2. The average Bonchev–Trinajstić information content (AvgIpc) is 2.60. The molecule has 1 rings (SSSR count). The van der Waals surface area contributed by atoms with Gasteiger partial charge in [-0.3, -0.25) is 4.79 Å². The first-order valence-electron chi connectivity index (χ1n) is 10.1. The first kappa shape index (κ1) is 22.0. The minimum absolute atomic E-state index is 0.402. The summed E-state index contributed by atoms with van der Waals surface area (Å²) in [4.78, 5) is 11.5. The van der Waals surface area contributed by atoms with Crippen molar-refractivity contribution in [3.05, 3.63) is 34.9 Å². The van der Waals surface area contributed by atoms with E-state index < -0.39 is 11.9 Å². The first-order valence-corrected chi connectivity index (χ1v) is 10.5. The molecule has 0 saturated heterocycles. The van der Waals surface area contributed by atoms with Gasteiger partial charge in [-0.15, -0.1) is 0 Å². The van der Waals surface area contributed by atoms with Gasteiger partial charge in [0.15, 0.2) is 0 Å². The Labute approximate surface area is 159 Å². The summed E-state index contributed by atoms with van der Waals surface area (Å²) >= 11 is 5.88. The van der Waals surface area contributed by atoms with Gasteiger partial charge >= 0.3 is 5.97 Å². The van der Waals surface area contributed by atoms with Crippen LogP contribution in [0, 0.1) is 0 Å². The van der Waals surface area contributed by atoms with Gasteiger partial charge in [-0.1, -0.05) is 108 Å². The number of carboxylic acid groups (broad SMARTS) is 1. The van der Waals surface area contributed by atoms with E-state index >= 15 is 0 Å². The normalized spacial score (nSPS) is 12.2. The Kier molecular flexibility index (Phi) is 12.5. The van der Waals surface area contributed by atoms with Crippen molar-refractivity contribution in [3.63, 3.8) is 0 Å². The van der Waals surface area contributed by atoms with Crippen LogP contribution in [0.2, 0.25) is 5.02 Å². The molecule has 2 nitrogen and oxygen atoms in total. The van der Waals surface area contributed by atoms with E-state index in [2.05, 4.69) is 6.92 Å². The molecule has 0 saturated carbocycles. The highest BCUT2D eigenvalue weighted by molar-refractivity contribution is 6.30. The second-order valence-corrected chi connectivity index (χ2v) is 7.56. The molecule has 1 N–H and O–H groups in total. The van der Waals surface area contributed by atoms with Gasteiger partial charge in [0.25, 0.3) is 0 Å². The Balaban J connectivity index is 2.05. The second-order valence-electron chi connectivity index (χ2n) is 7.12. The Hall–Kier alpha value is -1.02. The van der Waals surface area contributed by atoms with Crippen LogP contribution in [0.4, 0.5) is 0 Å². The molecule has 0 radical (unpaired) electrons. The van der Waals surface area contributed by atoms with Crippen molar-refractivity contribution < 1.29 is 9.90 Å². The van der Waals surface area contributed by atoms with E-state index in [4.69, 9.17) is 11.6 Å². The maximum atomic E-state index is 11.5. The molecule has 0 heterocycles. The van der Waals surface area contributed by atoms with E-state index in [-0.39, 0.29) is 0 Å². The topological polar surface area (TPSA) is 37.3 Å². The maximum absolute atomic E-state index is 11.5. The molecule has 0 bridgehead atoms. The van der Waals surface area contributed by atoms with Crippen molar-refractivity contribution in [2.75, 3.05) is 0 Å². The molecule has 0 aromatic heterocycles. The van der Waals surface area contributed by atoms with Gasteiger partial charge < -0.3 is 5.11 Å². The summed E-state index contributed by atoms with van der Waals surface area (Å²) in [5.41, 5.74) is 0.861. The average molecular weight is 367 g/mol. The van der Waals surface area contributed by atoms with Gasteiger partial charge in [-0.05, 0) is 24.1 Å². The molecule has 0 aliphatic rings. The van der Waals surface area contributed by atoms with Crippen LogP contribution < -0.4 is 0 Å². The van der Waals surface area contributed by atoms with Crippen LogP contribution in [-0.4, -0.2) is 11.1 Å². The zero-order valence-electron chi connectivity index (χ0n) is 15.8. The molecule has 142 valence electrons. The first-order chi connectivity index (χ1) is 12.1. The third-order valence-electron chi connectivity index (χ3n) is 4.92. The molecule has 1 unspecified atom stereocenters. The summed E-state index contributed by atoms with van der Waals surface area (Å²) in [6.45, 7) is 2.26. The summed E-state index contributed by atoms with van der Waals surface area (Å²) < 4.78 is 0. The number of benzene rings is 1. The van der Waals surface area contributed by atoms with Crippen LogP contribution in [0.3, 0.4) is 0 Å². The number of carboxylic acids is 1. The van der Waals surface area contributed by atoms with Gasteiger partial charge in [0, 0.05) is 5.02 Å². The van der Waals surface area contributed by atoms with Crippen LogP contribution >= 0.6 is 11.6 Å². The van der Waals surface area contributed by atoms with E-state index in [0.717, 1.165) is 18.4 Å². The highest BCUT2D eigenvalue weighted by Crippen LogP contribution is 2.25. The van der Waals surface area contributed by atoms with Crippen LogP contribution in [0.5, 0.6) is 0 Å². The standard InChI is InChI=1S/C22H35ClO2/c1-2-3-4-5-6-7-8-9-10-11-12-13-14-21(22(24)25)19-15-17-20(23)18-16-19/h15-18,21H,2-14H2,1H3,(H,24,25). The third-order valence-corrected chi connectivity index (χ3v) is 5.17. The molecule has 0 amide bonds. The number of carbonyl (C=O) groups is 1. The minimum atomic E-state index is -0.731. The van der Waals surface area contributed by atoms with Gasteiger partial charge in [0.2, 0.25) is 0 Å². The summed E-state index contributed by atoms with van der Waals surface area (Å²) in [6.07, 6.45) is 16.3. The Morgan fingerprint density at radius 1 is 0.840 bits per heavy atom. The molecular weight excluding hydrogens is 332 g/mol. The molecule has 25 heavy (non-hydrogen) atoms. The fraction of sp³-hybridized carbons (Fsp3) is 0.682. The molecule has 1 aromatic carbocycles. The summed E-state index contributed by atoms with van der Waals surface area (Å²) in [5, 5.41) is 10.1. The van der Waals surface area contributed by atoms with Crippen molar-refractivity contribution >= 4 is 17.6 Å². The highest BCUT2D eigenvalue weighted by Gasteiger charge is 2.18. The van der Waals surface area contributed by atoms with Gasteiger partial charge in [-0.2, -0.15) is 0 Å². The van der Waals surface area contributed by atoms with Gasteiger partial charge in [0.1, 0.15) is 0 Å². The summed E-state index contributed by atoms with van der Waals surface area (Å²) in [6, 6.07) is 7.22. The van der Waals surface area contributed by atoms with Crippen LogP contribution in [0.15, 0.2) is 24.3 Å². The zero-order valence-corrected chi connectivity index (χ0v) is 16.6. The molecule has 3 heteroatoms. The Morgan fingerprint density at radius 2 is 1.28 bits per heavy atom. The molecule has 1 aromatic rings. The fourth-order valence-corrected chi connectivity index (χ4v) is 3.44. The molecular formula is C22H35ClO2. The SMILES string of the molecule is CCCCCCCCCCCCCCC(C(=O)O)c1ccc(Cl)cc1. The van der Waals surface area contributed by atoms with Gasteiger partial charge in [-0.25, -0.2) is 0 Å². The molecule has 0 aliphatic carbocycles. The lowest BCUT2D eigenvalue weighted by Crippen LogP contribution is -2.11. The van der Waals surface area contributed by atoms with E-state index in [0.29, 0.717) is 11.4 Å². The summed E-state index contributed by atoms with van der Waals surface area (Å²) in [5.74, 6) is -1.13. The Morgan fingerprint density at radius 3 is 1.72 bits per heavy atom. The number of hydrogen-bond acceptors (Lipinski definition) is 1. The van der Waals surface area contributed by atoms with Crippen molar-refractivity contribution in [1.29, 1.82) is 0 Å². The largest absolute Gasteiger partial charge is 0.481 e. The lowest BCUT2D eigenvalue weighted by molar-refractivity contribution is -0.139. The van der Waals surface area contributed by atoms with E-state index in [1.807, 2.05) is 12.1 Å². The predicted molar refractivity (Wildman–Crippen MR) is 108 cm³/mol. The monoisotopic (exact) mass is 366 g/mol. The fourth-order valence-electron chi connectivity index (χ4n) is 3.32. The highest BCUT2D eigenvalue weighted by atomic mass is 35.5. The number of rotatable bonds is 15. The minimum Gasteiger partial charge on any atom is -0.481 e. The van der Waals surface area contributed by atoms with E-state index in [9.17, 15) is 9.90 Å². The molecule has 0 spiro atoms. The number of aliphatic carboxylic acids is 1. The van der Waals surface area contributed by atoms with Crippen molar-refractivity contribution in [2.24, 2.45) is 0 Å². The predicted octanol–water partition coefficient (Wildman–Crippen LogP) is 7.60. The number of hydrogen-bond donors (Lipinski definition) is 1. The zero-order chi connectivity index (χ0) is 18.3.